The van der Waals surface area contributed by atoms with E-state index in [2.05, 4.69) is 4.98 Å². The summed E-state index contributed by atoms with van der Waals surface area (Å²) in [7, 11) is -3.62. The number of thioether (sulfide) groups is 1. The van der Waals surface area contributed by atoms with Gasteiger partial charge in [0.05, 0.1) is 15.4 Å². The van der Waals surface area contributed by atoms with Crippen LogP contribution in [0.3, 0.4) is 0 Å². The molecular weight excluding hydrogens is 388 g/mol. The number of benzene rings is 2. The van der Waals surface area contributed by atoms with Gasteiger partial charge >= 0.3 is 0 Å². The lowest BCUT2D eigenvalue weighted by molar-refractivity contribution is 0.589. The summed E-state index contributed by atoms with van der Waals surface area (Å²) in [6.07, 6.45) is 5.33. The summed E-state index contributed by atoms with van der Waals surface area (Å²) in [6, 6.07) is 22.1. The Kier molecular flexibility index (Phi) is 5.50. The van der Waals surface area contributed by atoms with Crippen LogP contribution in [0.4, 0.5) is 0 Å². The molecular formula is C22H20N2O2S2. The van der Waals surface area contributed by atoms with E-state index < -0.39 is 10.0 Å². The number of pyridine rings is 1. The smallest absolute Gasteiger partial charge is 0.250 e. The number of fused-ring (bicyclic) bond motifs is 1. The van der Waals surface area contributed by atoms with Crippen molar-refractivity contribution in [3.05, 3.63) is 90.8 Å². The van der Waals surface area contributed by atoms with Gasteiger partial charge in [-0.05, 0) is 54.5 Å². The predicted octanol–water partition coefficient (Wildman–Crippen LogP) is 5.00. The zero-order chi connectivity index (χ0) is 19.4. The quantitative estimate of drug-likeness (QED) is 0.319. The molecule has 4 rings (SSSR count). The Morgan fingerprint density at radius 3 is 2.43 bits per heavy atom. The molecule has 0 bridgehead atoms. The fraction of sp³-hybridized carbons (Fsp3) is 0.136. The van der Waals surface area contributed by atoms with Gasteiger partial charge in [0.2, 0.25) is 0 Å². The maximum atomic E-state index is 13.1. The van der Waals surface area contributed by atoms with Gasteiger partial charge in [0.15, 0.2) is 0 Å². The van der Waals surface area contributed by atoms with Crippen molar-refractivity contribution in [2.24, 2.45) is 0 Å². The Morgan fingerprint density at radius 1 is 0.893 bits per heavy atom. The molecule has 0 saturated heterocycles. The Hall–Kier alpha value is -2.57. The van der Waals surface area contributed by atoms with Crippen molar-refractivity contribution in [1.82, 2.24) is 8.96 Å². The molecule has 2 aromatic carbocycles. The highest BCUT2D eigenvalue weighted by atomic mass is 32.2. The van der Waals surface area contributed by atoms with Crippen LogP contribution in [0.2, 0.25) is 0 Å². The maximum absolute atomic E-state index is 13.1. The van der Waals surface area contributed by atoms with Crippen LogP contribution >= 0.6 is 11.8 Å². The summed E-state index contributed by atoms with van der Waals surface area (Å²) in [5.74, 6) is 0.932. The van der Waals surface area contributed by atoms with Crippen molar-refractivity contribution >= 4 is 32.7 Å². The van der Waals surface area contributed by atoms with E-state index in [0.717, 1.165) is 40.1 Å². The third-order valence-electron chi connectivity index (χ3n) is 4.54. The summed E-state index contributed by atoms with van der Waals surface area (Å²) in [5, 5.41) is 2.00. The fourth-order valence-corrected chi connectivity index (χ4v) is 5.41. The van der Waals surface area contributed by atoms with Crippen LogP contribution in [0.1, 0.15) is 12.0 Å². The molecule has 0 fully saturated rings. The van der Waals surface area contributed by atoms with Crippen LogP contribution < -0.4 is 0 Å². The van der Waals surface area contributed by atoms with Gasteiger partial charge in [-0.3, -0.25) is 0 Å². The Balaban J connectivity index is 1.58. The molecule has 4 aromatic rings. The third-order valence-corrected chi connectivity index (χ3v) is 7.26. The first-order valence-corrected chi connectivity index (χ1v) is 11.5. The molecule has 0 saturated carbocycles. The van der Waals surface area contributed by atoms with Crippen LogP contribution in [0.25, 0.3) is 10.9 Å². The maximum Gasteiger partial charge on any atom is 0.268 e. The van der Waals surface area contributed by atoms with Crippen molar-refractivity contribution in [2.75, 3.05) is 5.75 Å². The minimum absolute atomic E-state index is 0.299. The zero-order valence-electron chi connectivity index (χ0n) is 15.2. The number of hydrogen-bond donors (Lipinski definition) is 0. The molecule has 0 unspecified atom stereocenters. The fourth-order valence-electron chi connectivity index (χ4n) is 3.19. The zero-order valence-corrected chi connectivity index (χ0v) is 16.9. The highest BCUT2D eigenvalue weighted by Crippen LogP contribution is 2.27. The van der Waals surface area contributed by atoms with Gasteiger partial charge in [-0.1, -0.05) is 42.5 Å². The van der Waals surface area contributed by atoms with Gasteiger partial charge in [0.1, 0.15) is 0 Å². The van der Waals surface area contributed by atoms with Crippen LogP contribution in [0, 0.1) is 0 Å². The van der Waals surface area contributed by atoms with Gasteiger partial charge in [0, 0.05) is 17.8 Å². The molecule has 0 aliphatic rings. The monoisotopic (exact) mass is 408 g/mol. The molecule has 0 spiro atoms. The van der Waals surface area contributed by atoms with Gasteiger partial charge in [-0.15, -0.1) is 11.8 Å². The highest BCUT2D eigenvalue weighted by molar-refractivity contribution is 7.99. The van der Waals surface area contributed by atoms with Crippen LogP contribution in [-0.4, -0.2) is 23.1 Å². The van der Waals surface area contributed by atoms with Gasteiger partial charge < -0.3 is 0 Å². The molecule has 2 heterocycles. The van der Waals surface area contributed by atoms with Gasteiger partial charge in [-0.2, -0.15) is 0 Å². The Morgan fingerprint density at radius 2 is 1.64 bits per heavy atom. The van der Waals surface area contributed by atoms with E-state index in [1.165, 1.54) is 3.97 Å². The van der Waals surface area contributed by atoms with Gasteiger partial charge in [0.25, 0.3) is 10.0 Å². The molecule has 6 heteroatoms. The summed E-state index contributed by atoms with van der Waals surface area (Å²) in [5.41, 5.74) is 1.77. The Bertz CT molecular complexity index is 1170. The largest absolute Gasteiger partial charge is 0.268 e. The van der Waals surface area contributed by atoms with Crippen LogP contribution in [0.15, 0.2) is 95.1 Å². The van der Waals surface area contributed by atoms with Crippen molar-refractivity contribution in [1.29, 1.82) is 0 Å². The number of para-hydroxylation sites is 1. The molecule has 0 aliphatic heterocycles. The summed E-state index contributed by atoms with van der Waals surface area (Å²) in [4.78, 5) is 4.62. The average molecular weight is 409 g/mol. The topological polar surface area (TPSA) is 52.0 Å². The second-order valence-electron chi connectivity index (χ2n) is 6.41. The SMILES string of the molecule is O=S(=O)(c1ccccc1)n1cc(CCCSc2ccccn2)c2ccccc21. The lowest BCUT2D eigenvalue weighted by Gasteiger charge is -2.07. The predicted molar refractivity (Wildman–Crippen MR) is 114 cm³/mol. The normalized spacial score (nSPS) is 11.7. The molecule has 0 radical (unpaired) electrons. The summed E-state index contributed by atoms with van der Waals surface area (Å²) < 4.78 is 27.7. The van der Waals surface area contributed by atoms with Crippen molar-refractivity contribution in [3.8, 4) is 0 Å². The van der Waals surface area contributed by atoms with Crippen molar-refractivity contribution < 1.29 is 8.42 Å². The molecule has 0 amide bonds. The molecule has 2 aromatic heterocycles. The molecule has 28 heavy (non-hydrogen) atoms. The first-order chi connectivity index (χ1) is 13.7. The van der Waals surface area contributed by atoms with Crippen LogP contribution in [0.5, 0.6) is 0 Å². The minimum atomic E-state index is -3.62. The minimum Gasteiger partial charge on any atom is -0.250 e. The number of nitrogens with zero attached hydrogens (tertiary/aromatic N) is 2. The van der Waals surface area contributed by atoms with E-state index in [4.69, 9.17) is 0 Å². The molecule has 0 atom stereocenters. The first-order valence-electron chi connectivity index (χ1n) is 9.10. The number of hydrogen-bond acceptors (Lipinski definition) is 4. The van der Waals surface area contributed by atoms with E-state index >= 15 is 0 Å². The number of rotatable bonds is 7. The molecule has 4 nitrogen and oxygen atoms in total. The molecule has 142 valence electrons. The van der Waals surface area contributed by atoms with Crippen LogP contribution in [-0.2, 0) is 16.4 Å². The van der Waals surface area contributed by atoms with E-state index in [1.807, 2.05) is 48.5 Å². The van der Waals surface area contributed by atoms with E-state index in [0.29, 0.717) is 4.90 Å². The standard InChI is InChI=1S/C22H20N2O2S2/c25-28(26,19-10-2-1-3-11-19)24-17-18(20-12-4-5-13-21(20)24)9-8-16-27-22-14-6-7-15-23-22/h1-7,10-15,17H,8-9,16H2. The lowest BCUT2D eigenvalue weighted by atomic mass is 10.1. The highest BCUT2D eigenvalue weighted by Gasteiger charge is 2.20. The Labute approximate surface area is 169 Å². The summed E-state index contributed by atoms with van der Waals surface area (Å²) in [6.45, 7) is 0. The average Bonchev–Trinajstić information content (AvgIpc) is 3.12. The third kappa shape index (κ3) is 3.84. The first kappa shape index (κ1) is 18.8. The second kappa shape index (κ2) is 8.20. The molecule has 0 aliphatic carbocycles. The lowest BCUT2D eigenvalue weighted by Crippen LogP contribution is -2.11. The number of aromatic nitrogens is 2. The van der Waals surface area contributed by atoms with E-state index in [1.54, 1.807) is 48.4 Å². The van der Waals surface area contributed by atoms with Crippen molar-refractivity contribution in [3.63, 3.8) is 0 Å². The van der Waals surface area contributed by atoms with E-state index in [9.17, 15) is 8.42 Å². The number of aryl methyl sites for hydroxylation is 1. The molecule has 0 N–H and O–H groups in total. The second-order valence-corrected chi connectivity index (χ2v) is 9.34. The van der Waals surface area contributed by atoms with Gasteiger partial charge in [-0.25, -0.2) is 17.4 Å². The summed E-state index contributed by atoms with van der Waals surface area (Å²) >= 11 is 1.72. The van der Waals surface area contributed by atoms with Crippen molar-refractivity contribution in [2.45, 2.75) is 22.8 Å². The van der Waals surface area contributed by atoms with E-state index in [-0.39, 0.29) is 0 Å².